The Balaban J connectivity index is 2.78. The van der Waals surface area contributed by atoms with E-state index in [0.29, 0.717) is 17.2 Å². The molecule has 6 nitrogen and oxygen atoms in total. The van der Waals surface area contributed by atoms with Gasteiger partial charge in [0.1, 0.15) is 5.75 Å². The molecule has 0 aliphatic carbocycles. The van der Waals surface area contributed by atoms with Gasteiger partial charge in [-0.1, -0.05) is 5.16 Å². The number of nitrogens with two attached hydrogens (primary N) is 1. The maximum Gasteiger partial charge on any atom is 0.264 e. The largest absolute Gasteiger partial charge is 0.496 e. The van der Waals surface area contributed by atoms with Gasteiger partial charge >= 0.3 is 0 Å². The first-order valence-electron chi connectivity index (χ1n) is 5.00. The van der Waals surface area contributed by atoms with E-state index >= 15 is 0 Å². The molecule has 1 rings (SSSR count). The molecule has 0 radical (unpaired) electrons. The van der Waals surface area contributed by atoms with Crippen molar-refractivity contribution in [3.05, 3.63) is 16.3 Å². The number of carbonyl (C=O) groups is 1. The summed E-state index contributed by atoms with van der Waals surface area (Å²) in [4.78, 5) is 14.1. The second kappa shape index (κ2) is 6.09. The fourth-order valence-electron chi connectivity index (χ4n) is 1.25. The average molecular weight is 257 g/mol. The quantitative estimate of drug-likeness (QED) is 0.356. The van der Waals surface area contributed by atoms with Crippen molar-refractivity contribution in [3.8, 4) is 5.75 Å². The van der Waals surface area contributed by atoms with E-state index in [9.17, 15) is 4.79 Å². The van der Waals surface area contributed by atoms with Gasteiger partial charge in [-0.3, -0.25) is 4.79 Å². The van der Waals surface area contributed by atoms with Crippen molar-refractivity contribution >= 4 is 23.1 Å². The Bertz CT molecular complexity index is 417. The fourth-order valence-corrected chi connectivity index (χ4v) is 2.07. The van der Waals surface area contributed by atoms with Gasteiger partial charge in [-0.2, -0.15) is 0 Å². The summed E-state index contributed by atoms with van der Waals surface area (Å²) >= 11 is 1.30. The predicted molar refractivity (Wildman–Crippen MR) is 65.9 cm³/mol. The van der Waals surface area contributed by atoms with Crippen molar-refractivity contribution in [1.29, 1.82) is 0 Å². The molecular formula is C10H15N3O3S. The first-order valence-corrected chi connectivity index (χ1v) is 5.88. The second-order valence-corrected chi connectivity index (χ2v) is 4.17. The average Bonchev–Trinajstić information content (AvgIpc) is 2.83. The topological polar surface area (TPSA) is 88.1 Å². The molecule has 0 unspecified atom stereocenters. The maximum absolute atomic E-state index is 12.0. The van der Waals surface area contributed by atoms with Crippen LogP contribution in [0.2, 0.25) is 0 Å². The molecule has 0 bridgehead atoms. The third kappa shape index (κ3) is 3.35. The number of hydrogen-bond donors (Lipinski definition) is 2. The smallest absolute Gasteiger partial charge is 0.264 e. The minimum absolute atomic E-state index is 0.00345. The van der Waals surface area contributed by atoms with E-state index in [1.165, 1.54) is 16.2 Å². The minimum Gasteiger partial charge on any atom is -0.496 e. The van der Waals surface area contributed by atoms with Crippen molar-refractivity contribution in [2.45, 2.75) is 6.92 Å². The number of ether oxygens (including phenoxy) is 1. The van der Waals surface area contributed by atoms with Crippen LogP contribution in [-0.4, -0.2) is 42.0 Å². The number of carbonyl (C=O) groups excluding carboxylic acids is 1. The Labute approximate surface area is 103 Å². The Kier molecular flexibility index (Phi) is 4.77. The van der Waals surface area contributed by atoms with Crippen molar-refractivity contribution in [1.82, 2.24) is 4.90 Å². The first-order chi connectivity index (χ1) is 8.12. The Morgan fingerprint density at radius 2 is 2.41 bits per heavy atom. The van der Waals surface area contributed by atoms with E-state index in [4.69, 9.17) is 15.7 Å². The van der Waals surface area contributed by atoms with Crippen LogP contribution in [0.1, 0.15) is 16.6 Å². The van der Waals surface area contributed by atoms with E-state index in [1.807, 2.05) is 6.92 Å². The monoisotopic (exact) mass is 257 g/mol. The van der Waals surface area contributed by atoms with E-state index in [-0.39, 0.29) is 18.3 Å². The molecule has 1 heterocycles. The third-order valence-corrected chi connectivity index (χ3v) is 3.07. The summed E-state index contributed by atoms with van der Waals surface area (Å²) in [6, 6.07) is 1.67. The first kappa shape index (κ1) is 13.3. The minimum atomic E-state index is -0.160. The molecule has 0 aliphatic rings. The summed E-state index contributed by atoms with van der Waals surface area (Å²) in [5.41, 5.74) is 5.38. The van der Waals surface area contributed by atoms with Crippen molar-refractivity contribution in [2.75, 3.05) is 20.2 Å². The summed E-state index contributed by atoms with van der Waals surface area (Å²) < 4.78 is 5.01. The summed E-state index contributed by atoms with van der Waals surface area (Å²) in [5, 5.41) is 13.1. The molecule has 17 heavy (non-hydrogen) atoms. The molecular weight excluding hydrogens is 242 g/mol. The van der Waals surface area contributed by atoms with Crippen LogP contribution >= 0.6 is 11.3 Å². The highest BCUT2D eigenvalue weighted by Gasteiger charge is 2.17. The molecule has 0 spiro atoms. The number of rotatable bonds is 5. The van der Waals surface area contributed by atoms with Gasteiger partial charge in [0.2, 0.25) is 0 Å². The molecule has 3 N–H and O–H groups in total. The van der Waals surface area contributed by atoms with Gasteiger partial charge in [-0.25, -0.2) is 0 Å². The Morgan fingerprint density at radius 1 is 1.71 bits per heavy atom. The highest BCUT2D eigenvalue weighted by Crippen LogP contribution is 2.22. The van der Waals surface area contributed by atoms with Crippen molar-refractivity contribution < 1.29 is 14.7 Å². The number of oxime groups is 1. The molecule has 1 amide bonds. The van der Waals surface area contributed by atoms with Gasteiger partial charge in [0.05, 0.1) is 18.5 Å². The maximum atomic E-state index is 12.0. The molecule has 1 aromatic heterocycles. The SMILES string of the molecule is CCN(CC(N)=NO)C(=O)c1cc(OC)cs1. The van der Waals surface area contributed by atoms with Crippen molar-refractivity contribution in [2.24, 2.45) is 10.9 Å². The summed E-state index contributed by atoms with van der Waals surface area (Å²) in [7, 11) is 1.55. The van der Waals surface area contributed by atoms with Crippen LogP contribution in [0, 0.1) is 0 Å². The summed E-state index contributed by atoms with van der Waals surface area (Å²) in [5.74, 6) is 0.495. The van der Waals surface area contributed by atoms with Crippen LogP contribution in [0.3, 0.4) is 0 Å². The second-order valence-electron chi connectivity index (χ2n) is 3.26. The normalized spacial score (nSPS) is 11.3. The lowest BCUT2D eigenvalue weighted by molar-refractivity contribution is 0.0790. The summed E-state index contributed by atoms with van der Waals surface area (Å²) in [6.45, 7) is 2.41. The molecule has 0 aliphatic heterocycles. The number of likely N-dealkylation sites (N-methyl/N-ethyl adjacent to an activating group) is 1. The van der Waals surface area contributed by atoms with E-state index in [0.717, 1.165) is 0 Å². The number of amides is 1. The zero-order valence-corrected chi connectivity index (χ0v) is 10.5. The molecule has 0 saturated carbocycles. The highest BCUT2D eigenvalue weighted by molar-refractivity contribution is 7.12. The zero-order chi connectivity index (χ0) is 12.8. The lowest BCUT2D eigenvalue weighted by Crippen LogP contribution is -2.38. The molecule has 1 aromatic rings. The molecule has 0 atom stereocenters. The lowest BCUT2D eigenvalue weighted by Gasteiger charge is -2.18. The van der Waals surface area contributed by atoms with Gasteiger partial charge in [-0.15, -0.1) is 11.3 Å². The molecule has 0 saturated heterocycles. The molecule has 0 fully saturated rings. The van der Waals surface area contributed by atoms with Gasteiger partial charge in [0.15, 0.2) is 5.84 Å². The van der Waals surface area contributed by atoms with E-state index in [2.05, 4.69) is 5.16 Å². The van der Waals surface area contributed by atoms with Crippen LogP contribution in [0.15, 0.2) is 16.6 Å². The van der Waals surface area contributed by atoms with Crippen molar-refractivity contribution in [3.63, 3.8) is 0 Å². The Hall–Kier alpha value is -1.76. The predicted octanol–water partition coefficient (Wildman–Crippen LogP) is 0.965. The number of nitrogens with zero attached hydrogens (tertiary/aromatic N) is 2. The van der Waals surface area contributed by atoms with Gasteiger partial charge < -0.3 is 20.6 Å². The highest BCUT2D eigenvalue weighted by atomic mass is 32.1. The lowest BCUT2D eigenvalue weighted by atomic mass is 10.3. The molecule has 7 heteroatoms. The zero-order valence-electron chi connectivity index (χ0n) is 9.71. The van der Waals surface area contributed by atoms with Crippen LogP contribution < -0.4 is 10.5 Å². The number of amidine groups is 1. The Morgan fingerprint density at radius 3 is 2.88 bits per heavy atom. The van der Waals surface area contributed by atoms with E-state index < -0.39 is 0 Å². The fraction of sp³-hybridized carbons (Fsp3) is 0.400. The van der Waals surface area contributed by atoms with Crippen LogP contribution in [0.25, 0.3) is 0 Å². The third-order valence-electron chi connectivity index (χ3n) is 2.17. The van der Waals surface area contributed by atoms with Crippen LogP contribution in [0.4, 0.5) is 0 Å². The van der Waals surface area contributed by atoms with Gasteiger partial charge in [0.25, 0.3) is 5.91 Å². The van der Waals surface area contributed by atoms with E-state index in [1.54, 1.807) is 18.6 Å². The van der Waals surface area contributed by atoms with Gasteiger partial charge in [-0.05, 0) is 6.92 Å². The van der Waals surface area contributed by atoms with Crippen LogP contribution in [-0.2, 0) is 0 Å². The molecule has 0 aromatic carbocycles. The summed E-state index contributed by atoms with van der Waals surface area (Å²) in [6.07, 6.45) is 0. The standard InChI is InChI=1S/C10H15N3O3S/c1-3-13(5-9(11)12-15)10(14)8-4-7(16-2)6-17-8/h4,6,15H,3,5H2,1-2H3,(H2,11,12). The van der Waals surface area contributed by atoms with Gasteiger partial charge in [0, 0.05) is 18.0 Å². The number of methoxy groups -OCH3 is 1. The molecule has 94 valence electrons. The number of thiophene rings is 1. The van der Waals surface area contributed by atoms with Crippen LogP contribution in [0.5, 0.6) is 5.75 Å². The number of hydrogen-bond acceptors (Lipinski definition) is 5.